The molecule has 18 heavy (non-hydrogen) atoms. The summed E-state index contributed by atoms with van der Waals surface area (Å²) in [6.45, 7) is 3.13. The van der Waals surface area contributed by atoms with Crippen LogP contribution in [0.2, 0.25) is 0 Å². The molecule has 0 saturated heterocycles. The molecule has 2 fully saturated rings. The highest BCUT2D eigenvalue weighted by Crippen LogP contribution is 2.40. The van der Waals surface area contributed by atoms with Crippen LogP contribution in [-0.2, 0) is 9.53 Å². The van der Waals surface area contributed by atoms with Gasteiger partial charge in [0.05, 0.1) is 13.0 Å². The predicted octanol–water partition coefficient (Wildman–Crippen LogP) is 2.89. The Bertz CT molecular complexity index is 267. The Kier molecular flexibility index (Phi) is 5.48. The highest BCUT2D eigenvalue weighted by Gasteiger charge is 2.31. The van der Waals surface area contributed by atoms with Crippen molar-refractivity contribution in [3.8, 4) is 0 Å². The van der Waals surface area contributed by atoms with Crippen molar-refractivity contribution < 1.29 is 9.53 Å². The summed E-state index contributed by atoms with van der Waals surface area (Å²) in [6.07, 6.45) is 10.3. The Morgan fingerprint density at radius 3 is 2.72 bits per heavy atom. The predicted molar refractivity (Wildman–Crippen MR) is 72.3 cm³/mol. The van der Waals surface area contributed by atoms with Crippen molar-refractivity contribution in [1.29, 1.82) is 0 Å². The maximum absolute atomic E-state index is 11.3. The third kappa shape index (κ3) is 3.98. The minimum atomic E-state index is -0.0728. The number of rotatable bonds is 5. The van der Waals surface area contributed by atoms with Crippen molar-refractivity contribution in [2.75, 3.05) is 13.2 Å². The Hall–Kier alpha value is -0.570. The molecule has 0 spiro atoms. The molecule has 0 aliphatic heterocycles. The van der Waals surface area contributed by atoms with Gasteiger partial charge in [0.15, 0.2) is 0 Å². The lowest BCUT2D eigenvalue weighted by Gasteiger charge is -2.39. The van der Waals surface area contributed by atoms with Crippen molar-refractivity contribution in [3.05, 3.63) is 0 Å². The molecule has 0 aromatic heterocycles. The minimum absolute atomic E-state index is 0.0728. The summed E-state index contributed by atoms with van der Waals surface area (Å²) in [5, 5.41) is 3.54. The summed E-state index contributed by atoms with van der Waals surface area (Å²) in [5.74, 6) is 1.88. The SMILES string of the molecule is CCOC(=O)CCNC1CCC2CCCCC2C1. The molecule has 0 radical (unpaired) electrons. The molecular formula is C15H27NO2. The number of esters is 1. The third-order valence-corrected chi connectivity index (χ3v) is 4.61. The van der Waals surface area contributed by atoms with E-state index in [4.69, 9.17) is 4.74 Å². The quantitative estimate of drug-likeness (QED) is 0.766. The van der Waals surface area contributed by atoms with Gasteiger partial charge in [0, 0.05) is 12.6 Å². The van der Waals surface area contributed by atoms with Gasteiger partial charge in [-0.05, 0) is 38.0 Å². The van der Waals surface area contributed by atoms with E-state index in [1.165, 1.54) is 44.9 Å². The highest BCUT2D eigenvalue weighted by atomic mass is 16.5. The molecule has 3 atom stereocenters. The monoisotopic (exact) mass is 253 g/mol. The first-order chi connectivity index (χ1) is 8.79. The van der Waals surface area contributed by atoms with Gasteiger partial charge in [-0.2, -0.15) is 0 Å². The fourth-order valence-electron chi connectivity index (χ4n) is 3.67. The van der Waals surface area contributed by atoms with Crippen LogP contribution in [0.15, 0.2) is 0 Å². The molecule has 2 aliphatic rings. The first kappa shape index (κ1) is 13.9. The first-order valence-electron chi connectivity index (χ1n) is 7.68. The van der Waals surface area contributed by atoms with Crippen LogP contribution in [0.4, 0.5) is 0 Å². The summed E-state index contributed by atoms with van der Waals surface area (Å²) in [5.41, 5.74) is 0. The van der Waals surface area contributed by atoms with Crippen LogP contribution in [0.5, 0.6) is 0 Å². The van der Waals surface area contributed by atoms with E-state index >= 15 is 0 Å². The zero-order valence-electron chi connectivity index (χ0n) is 11.6. The number of ether oxygens (including phenoxy) is 1. The summed E-state index contributed by atoms with van der Waals surface area (Å²) >= 11 is 0. The molecule has 0 aromatic carbocycles. The van der Waals surface area contributed by atoms with Gasteiger partial charge in [0.1, 0.15) is 0 Å². The Morgan fingerprint density at radius 2 is 1.94 bits per heavy atom. The van der Waals surface area contributed by atoms with Crippen LogP contribution in [0.1, 0.15) is 58.3 Å². The fourth-order valence-corrected chi connectivity index (χ4v) is 3.67. The highest BCUT2D eigenvalue weighted by molar-refractivity contribution is 5.69. The summed E-state index contributed by atoms with van der Waals surface area (Å²) in [7, 11) is 0. The van der Waals surface area contributed by atoms with Crippen molar-refractivity contribution in [1.82, 2.24) is 5.32 Å². The van der Waals surface area contributed by atoms with Crippen molar-refractivity contribution in [3.63, 3.8) is 0 Å². The van der Waals surface area contributed by atoms with Crippen LogP contribution in [0.3, 0.4) is 0 Å². The van der Waals surface area contributed by atoms with E-state index in [0.29, 0.717) is 19.1 Å². The van der Waals surface area contributed by atoms with Gasteiger partial charge in [-0.15, -0.1) is 0 Å². The number of hydrogen-bond acceptors (Lipinski definition) is 3. The lowest BCUT2D eigenvalue weighted by molar-refractivity contribution is -0.143. The average Bonchev–Trinajstić information content (AvgIpc) is 2.39. The second-order valence-electron chi connectivity index (χ2n) is 5.82. The molecule has 3 nitrogen and oxygen atoms in total. The summed E-state index contributed by atoms with van der Waals surface area (Å²) in [4.78, 5) is 11.3. The molecule has 104 valence electrons. The maximum Gasteiger partial charge on any atom is 0.307 e. The van der Waals surface area contributed by atoms with Crippen LogP contribution >= 0.6 is 0 Å². The second-order valence-corrected chi connectivity index (χ2v) is 5.82. The van der Waals surface area contributed by atoms with E-state index in [2.05, 4.69) is 5.32 Å². The summed E-state index contributed by atoms with van der Waals surface area (Å²) < 4.78 is 4.94. The maximum atomic E-state index is 11.3. The van der Waals surface area contributed by atoms with Crippen molar-refractivity contribution >= 4 is 5.97 Å². The zero-order valence-corrected chi connectivity index (χ0v) is 11.6. The number of nitrogens with one attached hydrogen (secondary N) is 1. The van der Waals surface area contributed by atoms with Gasteiger partial charge < -0.3 is 10.1 Å². The van der Waals surface area contributed by atoms with Crippen LogP contribution in [0.25, 0.3) is 0 Å². The van der Waals surface area contributed by atoms with E-state index in [9.17, 15) is 4.79 Å². The van der Waals surface area contributed by atoms with Gasteiger partial charge >= 0.3 is 5.97 Å². The van der Waals surface area contributed by atoms with Crippen LogP contribution < -0.4 is 5.32 Å². The average molecular weight is 253 g/mol. The topological polar surface area (TPSA) is 38.3 Å². The number of carbonyl (C=O) groups is 1. The van der Waals surface area contributed by atoms with Gasteiger partial charge in [-0.1, -0.05) is 25.7 Å². The second kappa shape index (κ2) is 7.13. The first-order valence-corrected chi connectivity index (χ1v) is 7.68. The molecule has 3 heteroatoms. The fraction of sp³-hybridized carbons (Fsp3) is 0.933. The Labute approximate surface area is 111 Å². The minimum Gasteiger partial charge on any atom is -0.466 e. The van der Waals surface area contributed by atoms with Crippen LogP contribution in [-0.4, -0.2) is 25.2 Å². The normalized spacial score (nSPS) is 31.7. The van der Waals surface area contributed by atoms with E-state index < -0.39 is 0 Å². The third-order valence-electron chi connectivity index (χ3n) is 4.61. The standard InChI is InChI=1S/C15H27NO2/c1-2-18-15(17)9-10-16-14-8-7-12-5-3-4-6-13(12)11-14/h12-14,16H,2-11H2,1H3. The molecular weight excluding hydrogens is 226 g/mol. The molecule has 0 heterocycles. The molecule has 1 N–H and O–H groups in total. The largest absolute Gasteiger partial charge is 0.466 e. The molecule has 0 aromatic rings. The van der Waals surface area contributed by atoms with Gasteiger partial charge in [-0.25, -0.2) is 0 Å². The number of fused-ring (bicyclic) bond motifs is 1. The smallest absolute Gasteiger partial charge is 0.307 e. The van der Waals surface area contributed by atoms with Gasteiger partial charge in [0.2, 0.25) is 0 Å². The van der Waals surface area contributed by atoms with Gasteiger partial charge in [-0.3, -0.25) is 4.79 Å². The lowest BCUT2D eigenvalue weighted by atomic mass is 9.69. The van der Waals surface area contributed by atoms with Crippen molar-refractivity contribution in [2.24, 2.45) is 11.8 Å². The molecule has 2 saturated carbocycles. The van der Waals surface area contributed by atoms with E-state index in [0.717, 1.165) is 18.4 Å². The number of hydrogen-bond donors (Lipinski definition) is 1. The van der Waals surface area contributed by atoms with Crippen molar-refractivity contribution in [2.45, 2.75) is 64.3 Å². The van der Waals surface area contributed by atoms with Crippen LogP contribution in [0, 0.1) is 11.8 Å². The summed E-state index contributed by atoms with van der Waals surface area (Å²) in [6, 6.07) is 0.638. The Balaban J connectivity index is 1.63. The van der Waals surface area contributed by atoms with E-state index in [-0.39, 0.29) is 5.97 Å². The lowest BCUT2D eigenvalue weighted by Crippen LogP contribution is -2.39. The number of carbonyl (C=O) groups excluding carboxylic acids is 1. The van der Waals surface area contributed by atoms with E-state index in [1.807, 2.05) is 6.92 Å². The molecule has 2 aliphatic carbocycles. The molecule has 3 unspecified atom stereocenters. The molecule has 0 bridgehead atoms. The van der Waals surface area contributed by atoms with Gasteiger partial charge in [0.25, 0.3) is 0 Å². The van der Waals surface area contributed by atoms with E-state index in [1.54, 1.807) is 0 Å². The zero-order chi connectivity index (χ0) is 12.8. The Morgan fingerprint density at radius 1 is 1.17 bits per heavy atom. The molecule has 2 rings (SSSR count). The molecule has 0 amide bonds.